The van der Waals surface area contributed by atoms with Crippen molar-refractivity contribution in [3.8, 4) is 0 Å². The van der Waals surface area contributed by atoms with Crippen LogP contribution >= 0.6 is 0 Å². The van der Waals surface area contributed by atoms with E-state index in [0.29, 0.717) is 19.7 Å². The fourth-order valence-electron chi connectivity index (χ4n) is 3.22. The largest absolute Gasteiger partial charge is 0.450 e. The van der Waals surface area contributed by atoms with Crippen LogP contribution in [-0.2, 0) is 4.74 Å². The van der Waals surface area contributed by atoms with E-state index < -0.39 is 0 Å². The molecule has 0 bridgehead atoms. The minimum absolute atomic E-state index is 0.230. The van der Waals surface area contributed by atoms with Gasteiger partial charge in [0.15, 0.2) is 5.96 Å². The number of aryl methyl sites for hydroxylation is 1. The van der Waals surface area contributed by atoms with Crippen molar-refractivity contribution >= 4 is 12.1 Å². The summed E-state index contributed by atoms with van der Waals surface area (Å²) in [7, 11) is 5.98. The molecular formula is C20H33N5O2. The number of guanidine groups is 1. The summed E-state index contributed by atoms with van der Waals surface area (Å²) in [4.78, 5) is 22.4. The topological polar surface area (TPSA) is 60.4 Å². The molecule has 1 amide bonds. The van der Waals surface area contributed by atoms with Gasteiger partial charge in [-0.2, -0.15) is 0 Å². The maximum absolute atomic E-state index is 11.8. The number of rotatable bonds is 5. The Morgan fingerprint density at radius 3 is 2.30 bits per heavy atom. The first-order valence-corrected chi connectivity index (χ1v) is 9.56. The Bertz CT molecular complexity index is 622. The van der Waals surface area contributed by atoms with Crippen LogP contribution in [0.2, 0.25) is 0 Å². The van der Waals surface area contributed by atoms with Gasteiger partial charge in [0, 0.05) is 39.8 Å². The van der Waals surface area contributed by atoms with Gasteiger partial charge in [-0.25, -0.2) is 4.79 Å². The van der Waals surface area contributed by atoms with E-state index in [0.717, 1.165) is 25.6 Å². The Labute approximate surface area is 163 Å². The predicted molar refractivity (Wildman–Crippen MR) is 109 cm³/mol. The minimum Gasteiger partial charge on any atom is -0.450 e. The molecule has 0 spiro atoms. The van der Waals surface area contributed by atoms with E-state index >= 15 is 0 Å². The number of carbonyl (C=O) groups excluding carboxylic acids is 1. The summed E-state index contributed by atoms with van der Waals surface area (Å²) in [5.41, 5.74) is 2.54. The molecule has 1 saturated heterocycles. The van der Waals surface area contributed by atoms with E-state index in [4.69, 9.17) is 4.74 Å². The number of hydrogen-bond donors (Lipinski definition) is 1. The molecular weight excluding hydrogens is 342 g/mol. The van der Waals surface area contributed by atoms with Crippen LogP contribution in [0.25, 0.3) is 0 Å². The molecule has 1 heterocycles. The summed E-state index contributed by atoms with van der Waals surface area (Å²) in [5, 5.41) is 3.50. The van der Waals surface area contributed by atoms with Crippen molar-refractivity contribution in [3.05, 3.63) is 35.4 Å². The summed E-state index contributed by atoms with van der Waals surface area (Å²) in [5.74, 6) is 0.873. The number of likely N-dealkylation sites (N-methyl/N-ethyl adjacent to an activating group) is 1. The molecule has 0 radical (unpaired) electrons. The number of carbonyl (C=O) groups is 1. The number of benzene rings is 1. The SMILES string of the molecule is CCOC(=O)N1CCN(C(=NC)NCC(c2ccc(C)cc2)N(C)C)CC1. The Hall–Kier alpha value is -2.28. The summed E-state index contributed by atoms with van der Waals surface area (Å²) in [6.45, 7) is 7.89. The molecule has 1 aromatic rings. The number of nitrogens with one attached hydrogen (secondary N) is 1. The normalized spacial score (nSPS) is 16.4. The Morgan fingerprint density at radius 1 is 1.19 bits per heavy atom. The molecule has 2 rings (SSSR count). The van der Waals surface area contributed by atoms with Crippen LogP contribution in [0.3, 0.4) is 0 Å². The minimum atomic E-state index is -0.230. The molecule has 0 saturated carbocycles. The third-order valence-electron chi connectivity index (χ3n) is 4.86. The average molecular weight is 376 g/mol. The summed E-state index contributed by atoms with van der Waals surface area (Å²) in [6, 6.07) is 8.92. The first-order valence-electron chi connectivity index (χ1n) is 9.56. The molecule has 1 N–H and O–H groups in total. The van der Waals surface area contributed by atoms with Gasteiger partial charge in [0.2, 0.25) is 0 Å². The zero-order valence-electron chi connectivity index (χ0n) is 17.2. The molecule has 1 aliphatic heterocycles. The van der Waals surface area contributed by atoms with Gasteiger partial charge in [-0.15, -0.1) is 0 Å². The average Bonchev–Trinajstić information content (AvgIpc) is 2.66. The Morgan fingerprint density at radius 2 is 1.78 bits per heavy atom. The molecule has 1 unspecified atom stereocenters. The smallest absolute Gasteiger partial charge is 0.409 e. The number of piperazine rings is 1. The second-order valence-electron chi connectivity index (χ2n) is 6.99. The van der Waals surface area contributed by atoms with E-state index in [9.17, 15) is 4.79 Å². The lowest BCUT2D eigenvalue weighted by atomic mass is 10.0. The van der Waals surface area contributed by atoms with Crippen LogP contribution in [0.4, 0.5) is 4.79 Å². The Balaban J connectivity index is 1.92. The van der Waals surface area contributed by atoms with Gasteiger partial charge >= 0.3 is 6.09 Å². The quantitative estimate of drug-likeness (QED) is 0.630. The van der Waals surface area contributed by atoms with Crippen molar-refractivity contribution in [2.24, 2.45) is 4.99 Å². The van der Waals surface area contributed by atoms with E-state index in [2.05, 4.69) is 65.4 Å². The van der Waals surface area contributed by atoms with Crippen LogP contribution in [0, 0.1) is 6.92 Å². The molecule has 1 fully saturated rings. The third kappa shape index (κ3) is 5.85. The molecule has 150 valence electrons. The molecule has 0 aromatic heterocycles. The van der Waals surface area contributed by atoms with Crippen LogP contribution < -0.4 is 5.32 Å². The zero-order valence-corrected chi connectivity index (χ0v) is 17.2. The van der Waals surface area contributed by atoms with E-state index in [1.165, 1.54) is 11.1 Å². The van der Waals surface area contributed by atoms with Crippen molar-refractivity contribution in [1.82, 2.24) is 20.0 Å². The highest BCUT2D eigenvalue weighted by Crippen LogP contribution is 2.18. The number of ether oxygens (including phenoxy) is 1. The maximum atomic E-state index is 11.8. The Kier molecular flexibility index (Phi) is 7.91. The van der Waals surface area contributed by atoms with Gasteiger partial charge in [-0.05, 0) is 33.5 Å². The van der Waals surface area contributed by atoms with E-state index in [1.807, 2.05) is 6.92 Å². The monoisotopic (exact) mass is 375 g/mol. The highest BCUT2D eigenvalue weighted by atomic mass is 16.6. The number of nitrogens with zero attached hydrogens (tertiary/aromatic N) is 4. The van der Waals surface area contributed by atoms with Gasteiger partial charge in [0.25, 0.3) is 0 Å². The summed E-state index contributed by atoms with van der Waals surface area (Å²) in [6.07, 6.45) is -0.230. The maximum Gasteiger partial charge on any atom is 0.409 e. The lowest BCUT2D eigenvalue weighted by molar-refractivity contribution is 0.0914. The zero-order chi connectivity index (χ0) is 19.8. The van der Waals surface area contributed by atoms with Gasteiger partial charge in [0.05, 0.1) is 12.6 Å². The standard InChI is InChI=1S/C20H33N5O2/c1-6-27-20(26)25-13-11-24(12-14-25)19(21-3)22-15-18(23(4)5)17-9-7-16(2)8-10-17/h7-10,18H,6,11-15H2,1-5H3,(H,21,22). The molecule has 27 heavy (non-hydrogen) atoms. The van der Waals surface area contributed by atoms with Crippen molar-refractivity contribution in [3.63, 3.8) is 0 Å². The fraction of sp³-hybridized carbons (Fsp3) is 0.600. The van der Waals surface area contributed by atoms with Gasteiger partial charge in [-0.3, -0.25) is 4.99 Å². The van der Waals surface area contributed by atoms with Crippen molar-refractivity contribution in [2.45, 2.75) is 19.9 Å². The highest BCUT2D eigenvalue weighted by molar-refractivity contribution is 5.80. The predicted octanol–water partition coefficient (Wildman–Crippen LogP) is 1.95. The van der Waals surface area contributed by atoms with Crippen LogP contribution in [-0.4, -0.2) is 87.2 Å². The highest BCUT2D eigenvalue weighted by Gasteiger charge is 2.24. The lowest BCUT2D eigenvalue weighted by Crippen LogP contribution is -2.54. The van der Waals surface area contributed by atoms with Crippen LogP contribution in [0.15, 0.2) is 29.3 Å². The van der Waals surface area contributed by atoms with Crippen molar-refractivity contribution in [2.75, 3.05) is 60.5 Å². The number of hydrogen-bond acceptors (Lipinski definition) is 4. The first kappa shape index (κ1) is 21.0. The lowest BCUT2D eigenvalue weighted by Gasteiger charge is -2.36. The van der Waals surface area contributed by atoms with Crippen molar-refractivity contribution in [1.29, 1.82) is 0 Å². The van der Waals surface area contributed by atoms with Crippen molar-refractivity contribution < 1.29 is 9.53 Å². The van der Waals surface area contributed by atoms with Gasteiger partial charge in [-0.1, -0.05) is 29.8 Å². The van der Waals surface area contributed by atoms with Crippen LogP contribution in [0.5, 0.6) is 0 Å². The summed E-state index contributed by atoms with van der Waals surface area (Å²) < 4.78 is 5.08. The molecule has 7 heteroatoms. The van der Waals surface area contributed by atoms with E-state index in [-0.39, 0.29) is 12.1 Å². The van der Waals surface area contributed by atoms with Crippen LogP contribution in [0.1, 0.15) is 24.1 Å². The summed E-state index contributed by atoms with van der Waals surface area (Å²) >= 11 is 0. The van der Waals surface area contributed by atoms with Gasteiger partial charge in [0.1, 0.15) is 0 Å². The second kappa shape index (κ2) is 10.2. The second-order valence-corrected chi connectivity index (χ2v) is 6.99. The van der Waals surface area contributed by atoms with E-state index in [1.54, 1.807) is 11.9 Å². The fourth-order valence-corrected chi connectivity index (χ4v) is 3.22. The first-order chi connectivity index (χ1) is 13.0. The molecule has 1 aromatic carbocycles. The third-order valence-corrected chi connectivity index (χ3v) is 4.86. The number of amides is 1. The molecule has 0 aliphatic carbocycles. The van der Waals surface area contributed by atoms with Gasteiger partial charge < -0.3 is 24.8 Å². The number of aliphatic imine (C=N–C) groups is 1. The molecule has 1 atom stereocenters. The molecule has 1 aliphatic rings. The molecule has 7 nitrogen and oxygen atoms in total.